The Kier molecular flexibility index (Phi) is 6.79. The van der Waals surface area contributed by atoms with E-state index in [0.29, 0.717) is 18.2 Å². The summed E-state index contributed by atoms with van der Waals surface area (Å²) in [5, 5.41) is 7.14. The normalized spacial score (nSPS) is 17.9. The Morgan fingerprint density at radius 2 is 2.09 bits per heavy atom. The van der Waals surface area contributed by atoms with Crippen LogP contribution in [0.4, 0.5) is 10.2 Å². The van der Waals surface area contributed by atoms with Crippen molar-refractivity contribution in [3.05, 3.63) is 53.1 Å². The summed E-state index contributed by atoms with van der Waals surface area (Å²) in [4.78, 5) is 27.5. The summed E-state index contributed by atoms with van der Waals surface area (Å²) in [6.45, 7) is 0.0660. The number of anilines is 1. The molecular weight excluding hydrogens is 435 g/mol. The zero-order valence-corrected chi connectivity index (χ0v) is 18.6. The zero-order valence-electron chi connectivity index (χ0n) is 17.9. The van der Waals surface area contributed by atoms with Gasteiger partial charge in [0.25, 0.3) is 5.91 Å². The van der Waals surface area contributed by atoms with Gasteiger partial charge < -0.3 is 15.0 Å². The second-order valence-electron chi connectivity index (χ2n) is 8.35. The van der Waals surface area contributed by atoms with Gasteiger partial charge in [-0.1, -0.05) is 49.8 Å². The van der Waals surface area contributed by atoms with Crippen LogP contribution >= 0.6 is 11.6 Å². The van der Waals surface area contributed by atoms with Crippen molar-refractivity contribution in [1.82, 2.24) is 14.7 Å². The van der Waals surface area contributed by atoms with Crippen LogP contribution in [0, 0.1) is 11.7 Å². The number of hydrogen-bond acceptors (Lipinski definition) is 4. The van der Waals surface area contributed by atoms with E-state index in [9.17, 15) is 14.0 Å². The molecule has 1 aromatic carbocycles. The number of ether oxygens (including phenoxy) is 1. The average molecular weight is 461 g/mol. The number of nitrogens with one attached hydrogen (secondary N) is 1. The predicted molar refractivity (Wildman–Crippen MR) is 119 cm³/mol. The number of halogens is 2. The fourth-order valence-electron chi connectivity index (χ4n) is 4.35. The predicted octanol–water partition coefficient (Wildman–Crippen LogP) is 4.30. The molecule has 2 amide bonds. The molecule has 0 saturated heterocycles. The third kappa shape index (κ3) is 5.12. The number of rotatable bonds is 7. The van der Waals surface area contributed by atoms with Crippen LogP contribution in [0.15, 0.2) is 42.3 Å². The molecule has 1 atom stereocenters. The lowest BCUT2D eigenvalue weighted by molar-refractivity contribution is -0.134. The highest BCUT2D eigenvalue weighted by molar-refractivity contribution is 6.32. The number of aromatic nitrogens is 2. The first-order chi connectivity index (χ1) is 15.4. The SMILES string of the molecule is Cn1ccc(NC(=O)[C@H](CC2CCCCC2)N2CC(Oc3c(F)cccc3Cl)=CC2=O)n1. The van der Waals surface area contributed by atoms with Crippen molar-refractivity contribution in [2.24, 2.45) is 13.0 Å². The van der Waals surface area contributed by atoms with Gasteiger partial charge in [0.05, 0.1) is 11.6 Å². The van der Waals surface area contributed by atoms with Crippen LogP contribution < -0.4 is 10.1 Å². The minimum Gasteiger partial charge on any atom is -0.455 e. The van der Waals surface area contributed by atoms with Gasteiger partial charge in [-0.3, -0.25) is 14.3 Å². The maximum absolute atomic E-state index is 14.1. The quantitative estimate of drug-likeness (QED) is 0.668. The number of benzene rings is 1. The summed E-state index contributed by atoms with van der Waals surface area (Å²) in [6, 6.07) is 5.26. The van der Waals surface area contributed by atoms with Crippen molar-refractivity contribution >= 4 is 29.2 Å². The lowest BCUT2D eigenvalue weighted by atomic mass is 9.84. The van der Waals surface area contributed by atoms with Crippen LogP contribution in [0.25, 0.3) is 0 Å². The van der Waals surface area contributed by atoms with E-state index in [-0.39, 0.29) is 34.9 Å². The first-order valence-electron chi connectivity index (χ1n) is 10.8. The van der Waals surface area contributed by atoms with Crippen LogP contribution in [0.3, 0.4) is 0 Å². The van der Waals surface area contributed by atoms with Crippen LogP contribution in [0.2, 0.25) is 5.02 Å². The summed E-state index contributed by atoms with van der Waals surface area (Å²) in [5.41, 5.74) is 0. The lowest BCUT2D eigenvalue weighted by Crippen LogP contribution is -2.46. The maximum Gasteiger partial charge on any atom is 0.251 e. The highest BCUT2D eigenvalue weighted by Gasteiger charge is 2.36. The first-order valence-corrected chi connectivity index (χ1v) is 11.2. The monoisotopic (exact) mass is 460 g/mol. The highest BCUT2D eigenvalue weighted by Crippen LogP contribution is 2.33. The van der Waals surface area contributed by atoms with Crippen molar-refractivity contribution < 1.29 is 18.7 Å². The topological polar surface area (TPSA) is 76.5 Å². The molecule has 9 heteroatoms. The Bertz CT molecular complexity index is 1010. The molecule has 2 heterocycles. The Hall–Kier alpha value is -2.87. The minimum atomic E-state index is -0.680. The Morgan fingerprint density at radius 3 is 2.78 bits per heavy atom. The van der Waals surface area contributed by atoms with Crippen molar-refractivity contribution in [2.75, 3.05) is 11.9 Å². The van der Waals surface area contributed by atoms with Gasteiger partial charge in [0.15, 0.2) is 17.4 Å². The Labute approximate surface area is 191 Å². The molecule has 1 saturated carbocycles. The van der Waals surface area contributed by atoms with Gasteiger partial charge in [0, 0.05) is 25.4 Å². The summed E-state index contributed by atoms with van der Waals surface area (Å²) in [5.74, 6) is -0.331. The molecule has 170 valence electrons. The lowest BCUT2D eigenvalue weighted by Gasteiger charge is -2.31. The van der Waals surface area contributed by atoms with Gasteiger partial charge in [-0.2, -0.15) is 5.10 Å². The van der Waals surface area contributed by atoms with E-state index in [1.165, 1.54) is 35.6 Å². The van der Waals surface area contributed by atoms with E-state index in [1.807, 2.05) is 0 Å². The van der Waals surface area contributed by atoms with Crippen LogP contribution in [-0.2, 0) is 16.6 Å². The molecule has 2 aromatic rings. The van der Waals surface area contributed by atoms with E-state index >= 15 is 0 Å². The number of aryl methyl sites for hydroxylation is 1. The number of carbonyl (C=O) groups is 2. The fraction of sp³-hybridized carbons (Fsp3) is 0.435. The first kappa shape index (κ1) is 22.3. The van der Waals surface area contributed by atoms with Crippen molar-refractivity contribution in [2.45, 2.75) is 44.6 Å². The molecule has 1 N–H and O–H groups in total. The second kappa shape index (κ2) is 9.73. The summed E-state index contributed by atoms with van der Waals surface area (Å²) in [6.07, 6.45) is 9.13. The summed E-state index contributed by atoms with van der Waals surface area (Å²) >= 11 is 6.05. The van der Waals surface area contributed by atoms with Gasteiger partial charge in [-0.15, -0.1) is 0 Å². The van der Waals surface area contributed by atoms with E-state index in [1.54, 1.807) is 24.0 Å². The van der Waals surface area contributed by atoms with Gasteiger partial charge in [-0.05, 0) is 24.5 Å². The number of nitrogens with zero attached hydrogens (tertiary/aromatic N) is 3. The largest absolute Gasteiger partial charge is 0.455 e. The molecule has 32 heavy (non-hydrogen) atoms. The highest BCUT2D eigenvalue weighted by atomic mass is 35.5. The number of para-hydroxylation sites is 1. The smallest absolute Gasteiger partial charge is 0.251 e. The Balaban J connectivity index is 1.51. The molecule has 2 aliphatic rings. The number of hydrogen-bond donors (Lipinski definition) is 1. The standard InChI is InChI=1S/C23H26ClFN4O3/c1-28-11-10-20(27-28)26-23(31)19(12-15-6-3-2-4-7-15)29-14-16(13-21(29)30)32-22-17(24)8-5-9-18(22)25/h5,8-11,13,15,19H,2-4,6-7,12,14H2,1H3,(H,26,27,31)/t19-/m0/s1. The van der Waals surface area contributed by atoms with Gasteiger partial charge in [0.1, 0.15) is 11.8 Å². The summed E-state index contributed by atoms with van der Waals surface area (Å²) < 4.78 is 21.3. The van der Waals surface area contributed by atoms with Gasteiger partial charge >= 0.3 is 0 Å². The summed E-state index contributed by atoms with van der Waals surface area (Å²) in [7, 11) is 1.76. The van der Waals surface area contributed by atoms with E-state index in [0.717, 1.165) is 25.7 Å². The van der Waals surface area contributed by atoms with Gasteiger partial charge in [-0.25, -0.2) is 4.39 Å². The van der Waals surface area contributed by atoms with Crippen LogP contribution in [0.1, 0.15) is 38.5 Å². The molecule has 1 aliphatic heterocycles. The molecule has 0 spiro atoms. The van der Waals surface area contributed by atoms with Crippen molar-refractivity contribution in [3.63, 3.8) is 0 Å². The second-order valence-corrected chi connectivity index (χ2v) is 8.76. The third-order valence-electron chi connectivity index (χ3n) is 5.97. The molecule has 0 bridgehead atoms. The number of carbonyl (C=O) groups excluding carboxylic acids is 2. The number of amides is 2. The molecule has 1 fully saturated rings. The zero-order chi connectivity index (χ0) is 22.7. The molecular formula is C23H26ClFN4O3. The molecule has 4 rings (SSSR count). The fourth-order valence-corrected chi connectivity index (χ4v) is 4.56. The molecule has 1 aliphatic carbocycles. The van der Waals surface area contributed by atoms with Crippen LogP contribution in [-0.4, -0.2) is 39.1 Å². The van der Waals surface area contributed by atoms with Crippen molar-refractivity contribution in [3.8, 4) is 5.75 Å². The maximum atomic E-state index is 14.1. The molecule has 0 unspecified atom stereocenters. The van der Waals surface area contributed by atoms with E-state index in [4.69, 9.17) is 16.3 Å². The van der Waals surface area contributed by atoms with Crippen molar-refractivity contribution in [1.29, 1.82) is 0 Å². The Morgan fingerprint density at radius 1 is 1.31 bits per heavy atom. The van der Waals surface area contributed by atoms with E-state index < -0.39 is 11.9 Å². The van der Waals surface area contributed by atoms with Crippen LogP contribution in [0.5, 0.6) is 5.75 Å². The molecule has 1 aromatic heterocycles. The molecule has 0 radical (unpaired) electrons. The average Bonchev–Trinajstić information content (AvgIpc) is 3.34. The minimum absolute atomic E-state index is 0.0660. The van der Waals surface area contributed by atoms with Gasteiger partial charge in [0.2, 0.25) is 5.91 Å². The molecule has 7 nitrogen and oxygen atoms in total. The third-order valence-corrected chi connectivity index (χ3v) is 6.27. The van der Waals surface area contributed by atoms with E-state index in [2.05, 4.69) is 10.4 Å².